The van der Waals surface area contributed by atoms with Crippen molar-refractivity contribution in [3.05, 3.63) is 65.2 Å². The molecule has 0 aromatic heterocycles. The Hall–Kier alpha value is -4.69. The normalized spacial score (nSPS) is 29.1. The number of carbonyl (C=O) groups excluding carboxylic acids is 3. The van der Waals surface area contributed by atoms with Gasteiger partial charge in [0.05, 0.1) is 13.1 Å². The number of nitrogens with zero attached hydrogens (tertiary/aromatic N) is 4. The SMILES string of the molecule is NC1=NC2[C@H](CN3C(=O)CN(c4ccccc4)C3=O)NC(N)=[N+]3CC(NC(=O)c4cccc5c4CCC5)C(O)(O)C23N1. The van der Waals surface area contributed by atoms with Gasteiger partial charge in [-0.15, -0.1) is 0 Å². The van der Waals surface area contributed by atoms with E-state index in [1.54, 1.807) is 30.3 Å². The molecule has 4 amide bonds. The number of para-hydroxylation sites is 1. The minimum Gasteiger partial charge on any atom is -0.370 e. The number of amides is 4. The third-order valence-corrected chi connectivity index (χ3v) is 9.07. The zero-order valence-corrected chi connectivity index (χ0v) is 22.7. The standard InChI is InChI=1S/C28H31N9O5/c29-24-33-22-19(12-36-21(38)14-35(26(36)40)16-8-2-1-3-9-16)31-25(30)37-13-20(28(41,42)27(22,37)34-24)32-23(39)18-11-5-7-15-6-4-10-17(15)18/h1-3,5,7-9,11,19-20,22,41-42H,4,6,10,12-14H2,(H6,29,30,31,32,33,34,39)/p+1/t19-,20?,22?,27?/m0/s1. The highest BCUT2D eigenvalue weighted by atomic mass is 16.5. The Morgan fingerprint density at radius 3 is 2.69 bits per heavy atom. The number of fused-ring (bicyclic) bond motifs is 1. The average molecular weight is 575 g/mol. The summed E-state index contributed by atoms with van der Waals surface area (Å²) in [6.07, 6.45) is 2.63. The first-order chi connectivity index (χ1) is 20.1. The molecule has 2 saturated heterocycles. The van der Waals surface area contributed by atoms with Crippen LogP contribution in [-0.4, -0.2) is 98.7 Å². The summed E-state index contributed by atoms with van der Waals surface area (Å²) >= 11 is 0. The van der Waals surface area contributed by atoms with E-state index in [4.69, 9.17) is 11.5 Å². The van der Waals surface area contributed by atoms with Gasteiger partial charge < -0.3 is 26.6 Å². The predicted molar refractivity (Wildman–Crippen MR) is 150 cm³/mol. The highest BCUT2D eigenvalue weighted by Gasteiger charge is 2.75. The summed E-state index contributed by atoms with van der Waals surface area (Å²) < 4.78 is 1.49. The Labute approximate surface area is 240 Å². The Bertz CT molecular complexity index is 1570. The molecule has 0 saturated carbocycles. The average Bonchev–Trinajstić information content (AvgIpc) is 3.71. The van der Waals surface area contributed by atoms with Crippen LogP contribution in [0, 0.1) is 0 Å². The molecule has 2 aromatic rings. The lowest BCUT2D eigenvalue weighted by atomic mass is 9.85. The number of nitrogens with two attached hydrogens (primary N) is 2. The lowest BCUT2D eigenvalue weighted by molar-refractivity contribution is -0.623. The fourth-order valence-electron chi connectivity index (χ4n) is 7.10. The molecule has 4 atom stereocenters. The summed E-state index contributed by atoms with van der Waals surface area (Å²) in [5.41, 5.74) is 13.9. The number of guanidine groups is 2. The van der Waals surface area contributed by atoms with Gasteiger partial charge in [-0.1, -0.05) is 30.3 Å². The second-order valence-corrected chi connectivity index (χ2v) is 11.4. The van der Waals surface area contributed by atoms with Crippen molar-refractivity contribution in [2.45, 2.75) is 48.8 Å². The number of aryl methyl sites for hydroxylation is 1. The lowest BCUT2D eigenvalue weighted by Crippen LogP contribution is -2.79. The van der Waals surface area contributed by atoms with Gasteiger partial charge in [-0.05, 0) is 48.6 Å². The van der Waals surface area contributed by atoms with E-state index in [1.165, 1.54) is 9.48 Å². The van der Waals surface area contributed by atoms with Gasteiger partial charge in [-0.2, -0.15) is 0 Å². The molecule has 14 heteroatoms. The summed E-state index contributed by atoms with van der Waals surface area (Å²) in [5.74, 6) is -3.48. The first-order valence-corrected chi connectivity index (χ1v) is 13.9. The molecule has 1 aliphatic carbocycles. The first kappa shape index (κ1) is 26.2. The van der Waals surface area contributed by atoms with Crippen LogP contribution in [0.4, 0.5) is 10.5 Å². The van der Waals surface area contributed by atoms with Crippen LogP contribution in [0.1, 0.15) is 27.9 Å². The maximum absolute atomic E-state index is 13.4. The topological polar surface area (TPSA) is 202 Å². The van der Waals surface area contributed by atoms with Crippen LogP contribution >= 0.6 is 0 Å². The molecule has 3 unspecified atom stereocenters. The molecule has 0 radical (unpaired) electrons. The van der Waals surface area contributed by atoms with E-state index in [-0.39, 0.29) is 31.6 Å². The number of hydrogen-bond donors (Lipinski definition) is 7. The molecule has 5 aliphatic rings. The molecule has 4 heterocycles. The van der Waals surface area contributed by atoms with Crippen LogP contribution in [0.5, 0.6) is 0 Å². The number of nitrogens with one attached hydrogen (secondary N) is 3. The number of aliphatic hydroxyl groups is 2. The van der Waals surface area contributed by atoms with Gasteiger partial charge in [-0.25, -0.2) is 14.4 Å². The van der Waals surface area contributed by atoms with Crippen molar-refractivity contribution in [3.63, 3.8) is 0 Å². The van der Waals surface area contributed by atoms with Crippen molar-refractivity contribution in [1.29, 1.82) is 0 Å². The van der Waals surface area contributed by atoms with E-state index in [2.05, 4.69) is 20.9 Å². The first-order valence-electron chi connectivity index (χ1n) is 13.9. The van der Waals surface area contributed by atoms with E-state index in [9.17, 15) is 24.6 Å². The van der Waals surface area contributed by atoms with Crippen LogP contribution in [-0.2, 0) is 17.6 Å². The molecule has 2 aromatic carbocycles. The lowest BCUT2D eigenvalue weighted by Gasteiger charge is -2.44. The second-order valence-electron chi connectivity index (χ2n) is 11.4. The van der Waals surface area contributed by atoms with E-state index in [0.717, 1.165) is 35.3 Å². The van der Waals surface area contributed by atoms with Gasteiger partial charge in [-0.3, -0.25) is 30.4 Å². The molecule has 2 fully saturated rings. The van der Waals surface area contributed by atoms with Crippen molar-refractivity contribution in [2.24, 2.45) is 16.5 Å². The van der Waals surface area contributed by atoms with Gasteiger partial charge in [0, 0.05) is 11.3 Å². The molecule has 7 rings (SSSR count). The minimum absolute atomic E-state index is 0.0532. The Kier molecular flexibility index (Phi) is 5.72. The molecule has 218 valence electrons. The molecular formula is C28H32N9O5+. The van der Waals surface area contributed by atoms with E-state index < -0.39 is 47.4 Å². The van der Waals surface area contributed by atoms with Gasteiger partial charge in [0.15, 0.2) is 5.96 Å². The fourth-order valence-corrected chi connectivity index (χ4v) is 7.10. The zero-order chi connectivity index (χ0) is 29.4. The summed E-state index contributed by atoms with van der Waals surface area (Å²) in [6.45, 7) is -0.375. The molecule has 1 spiro atoms. The summed E-state index contributed by atoms with van der Waals surface area (Å²) in [7, 11) is 0. The fraction of sp³-hybridized carbons (Fsp3) is 0.393. The zero-order valence-electron chi connectivity index (χ0n) is 22.7. The van der Waals surface area contributed by atoms with Crippen molar-refractivity contribution >= 4 is 35.5 Å². The molecule has 0 bridgehead atoms. The van der Waals surface area contributed by atoms with Crippen molar-refractivity contribution < 1.29 is 29.2 Å². The minimum atomic E-state index is -2.62. The highest BCUT2D eigenvalue weighted by Crippen LogP contribution is 2.42. The van der Waals surface area contributed by atoms with Crippen molar-refractivity contribution in [1.82, 2.24) is 20.9 Å². The number of anilines is 1. The Balaban J connectivity index is 1.17. The third-order valence-electron chi connectivity index (χ3n) is 9.07. The number of urea groups is 1. The Morgan fingerprint density at radius 2 is 1.90 bits per heavy atom. The molecule has 9 N–H and O–H groups in total. The largest absolute Gasteiger partial charge is 0.370 e. The van der Waals surface area contributed by atoms with Crippen molar-refractivity contribution in [2.75, 3.05) is 24.5 Å². The van der Waals surface area contributed by atoms with E-state index in [0.29, 0.717) is 11.3 Å². The smallest absolute Gasteiger partial charge is 0.346 e. The molecule has 14 nitrogen and oxygen atoms in total. The number of rotatable bonds is 5. The van der Waals surface area contributed by atoms with Gasteiger partial charge in [0.25, 0.3) is 11.8 Å². The van der Waals surface area contributed by atoms with E-state index >= 15 is 0 Å². The number of benzene rings is 2. The maximum Gasteiger partial charge on any atom is 0.346 e. The number of imide groups is 1. The van der Waals surface area contributed by atoms with Crippen LogP contribution in [0.15, 0.2) is 53.5 Å². The van der Waals surface area contributed by atoms with Crippen LogP contribution in [0.25, 0.3) is 0 Å². The Morgan fingerprint density at radius 1 is 1.12 bits per heavy atom. The third kappa shape index (κ3) is 3.61. The number of carbonyl (C=O) groups is 3. The second kappa shape index (κ2) is 9.16. The highest BCUT2D eigenvalue weighted by molar-refractivity contribution is 6.12. The summed E-state index contributed by atoms with van der Waals surface area (Å²) in [6, 6.07) is 10.8. The van der Waals surface area contributed by atoms with Crippen LogP contribution in [0.3, 0.4) is 0 Å². The number of aliphatic imine (C=N–C) groups is 1. The molecule has 4 aliphatic heterocycles. The predicted octanol–water partition coefficient (Wildman–Crippen LogP) is -2.28. The van der Waals surface area contributed by atoms with Gasteiger partial charge in [0.1, 0.15) is 24.7 Å². The van der Waals surface area contributed by atoms with Crippen molar-refractivity contribution in [3.8, 4) is 0 Å². The van der Waals surface area contributed by atoms with Gasteiger partial charge >= 0.3 is 12.0 Å². The van der Waals surface area contributed by atoms with Crippen LogP contribution in [0.2, 0.25) is 0 Å². The molecular weight excluding hydrogens is 542 g/mol. The quantitative estimate of drug-likeness (QED) is 0.117. The van der Waals surface area contributed by atoms with E-state index in [1.807, 2.05) is 18.2 Å². The summed E-state index contributed by atoms with van der Waals surface area (Å²) in [4.78, 5) is 46.6. The summed E-state index contributed by atoms with van der Waals surface area (Å²) in [5, 5.41) is 32.3. The van der Waals surface area contributed by atoms with Crippen LogP contribution < -0.4 is 32.3 Å². The van der Waals surface area contributed by atoms with Gasteiger partial charge in [0.2, 0.25) is 11.4 Å². The monoisotopic (exact) mass is 574 g/mol. The maximum atomic E-state index is 13.4. The molecule has 42 heavy (non-hydrogen) atoms. The number of hydrogen-bond acceptors (Lipinski definition) is 10.